The number of anilines is 1. The van der Waals surface area contributed by atoms with Crippen molar-refractivity contribution in [3.63, 3.8) is 0 Å². The molecule has 1 aliphatic heterocycles. The molecule has 1 fully saturated rings. The van der Waals surface area contributed by atoms with E-state index in [1.54, 1.807) is 6.20 Å². The van der Waals surface area contributed by atoms with Crippen LogP contribution in [0, 0.1) is 0 Å². The summed E-state index contributed by atoms with van der Waals surface area (Å²) in [5.41, 5.74) is 0.992. The lowest BCUT2D eigenvalue weighted by molar-refractivity contribution is -0.123. The smallest absolute Gasteiger partial charge is 0.292 e. The number of piperazine rings is 1. The van der Waals surface area contributed by atoms with Gasteiger partial charge in [-0.25, -0.2) is 0 Å². The summed E-state index contributed by atoms with van der Waals surface area (Å²) in [6, 6.07) is 9.46. The third-order valence-corrected chi connectivity index (χ3v) is 5.69. The van der Waals surface area contributed by atoms with E-state index in [0.29, 0.717) is 31.0 Å². The van der Waals surface area contributed by atoms with E-state index >= 15 is 0 Å². The van der Waals surface area contributed by atoms with E-state index in [-0.39, 0.29) is 22.5 Å². The monoisotopic (exact) mass is 417 g/mol. The van der Waals surface area contributed by atoms with Crippen molar-refractivity contribution in [1.29, 1.82) is 0 Å². The van der Waals surface area contributed by atoms with Gasteiger partial charge in [0.25, 0.3) is 5.56 Å². The van der Waals surface area contributed by atoms with Crippen LogP contribution in [0.1, 0.15) is 26.7 Å². The fourth-order valence-electron chi connectivity index (χ4n) is 3.51. The van der Waals surface area contributed by atoms with Crippen LogP contribution < -0.4 is 15.8 Å². The van der Waals surface area contributed by atoms with Gasteiger partial charge in [0.15, 0.2) is 0 Å². The van der Waals surface area contributed by atoms with Gasteiger partial charge in [-0.2, -0.15) is 9.78 Å². The molecule has 2 heterocycles. The van der Waals surface area contributed by atoms with Gasteiger partial charge in [0.05, 0.1) is 24.1 Å². The summed E-state index contributed by atoms with van der Waals surface area (Å²) in [6.45, 7) is 7.39. The van der Waals surface area contributed by atoms with Crippen LogP contribution in [0.5, 0.6) is 0 Å². The predicted octanol–water partition coefficient (Wildman–Crippen LogP) is 2.31. The number of benzene rings is 1. The summed E-state index contributed by atoms with van der Waals surface area (Å²) < 4.78 is 1.31. The third-order valence-electron chi connectivity index (χ3n) is 5.33. The number of nitrogens with one attached hydrogen (secondary N) is 1. The largest absolute Gasteiger partial charge is 0.366 e. The minimum Gasteiger partial charge on any atom is -0.366 e. The van der Waals surface area contributed by atoms with Crippen molar-refractivity contribution in [2.45, 2.75) is 32.7 Å². The second-order valence-electron chi connectivity index (χ2n) is 7.24. The van der Waals surface area contributed by atoms with Crippen LogP contribution >= 0.6 is 11.6 Å². The third kappa shape index (κ3) is 5.16. The van der Waals surface area contributed by atoms with E-state index in [9.17, 15) is 9.59 Å². The molecule has 1 saturated heterocycles. The zero-order chi connectivity index (χ0) is 20.8. The normalized spacial score (nSPS) is 15.0. The van der Waals surface area contributed by atoms with Crippen LogP contribution in [0.2, 0.25) is 5.02 Å². The van der Waals surface area contributed by atoms with Gasteiger partial charge in [0.1, 0.15) is 5.02 Å². The molecule has 0 aliphatic carbocycles. The Labute approximate surface area is 176 Å². The molecule has 0 unspecified atom stereocenters. The molecule has 0 spiro atoms. The second kappa shape index (κ2) is 9.89. The van der Waals surface area contributed by atoms with E-state index in [4.69, 9.17) is 11.6 Å². The standard InChI is InChI=1S/C21H28ClN5O2/c1-3-16(4-2)24-19(28)15-25-10-12-26(13-11-25)18-14-23-27(21(29)20(18)22)17-8-6-5-7-9-17/h5-9,14,16H,3-4,10-13,15H2,1-2H3,(H,24,28). The molecule has 156 valence electrons. The molecule has 1 aromatic heterocycles. The Morgan fingerprint density at radius 1 is 1.14 bits per heavy atom. The number of halogens is 1. The fraction of sp³-hybridized carbons (Fsp3) is 0.476. The van der Waals surface area contributed by atoms with Crippen LogP contribution in [-0.4, -0.2) is 59.4 Å². The van der Waals surface area contributed by atoms with Crippen LogP contribution in [0.3, 0.4) is 0 Å². The molecule has 1 aliphatic rings. The highest BCUT2D eigenvalue weighted by Crippen LogP contribution is 2.23. The van der Waals surface area contributed by atoms with Gasteiger partial charge < -0.3 is 10.2 Å². The van der Waals surface area contributed by atoms with E-state index in [2.05, 4.69) is 34.1 Å². The average Bonchev–Trinajstić information content (AvgIpc) is 2.75. The zero-order valence-electron chi connectivity index (χ0n) is 17.0. The first-order valence-electron chi connectivity index (χ1n) is 10.1. The van der Waals surface area contributed by atoms with Crippen LogP contribution in [0.15, 0.2) is 41.3 Å². The van der Waals surface area contributed by atoms with E-state index < -0.39 is 0 Å². The van der Waals surface area contributed by atoms with Crippen molar-refractivity contribution in [2.24, 2.45) is 0 Å². The highest BCUT2D eigenvalue weighted by Gasteiger charge is 2.23. The molecule has 0 saturated carbocycles. The first-order chi connectivity index (χ1) is 14.0. The molecule has 1 amide bonds. The molecular weight excluding hydrogens is 390 g/mol. The molecule has 0 radical (unpaired) electrons. The predicted molar refractivity (Wildman–Crippen MR) is 116 cm³/mol. The molecule has 0 atom stereocenters. The Balaban J connectivity index is 1.62. The maximum Gasteiger partial charge on any atom is 0.292 e. The lowest BCUT2D eigenvalue weighted by Gasteiger charge is -2.36. The first-order valence-corrected chi connectivity index (χ1v) is 10.5. The molecule has 29 heavy (non-hydrogen) atoms. The number of carbonyl (C=O) groups is 1. The molecule has 2 aromatic rings. The maximum atomic E-state index is 12.7. The van der Waals surface area contributed by atoms with E-state index in [1.807, 2.05) is 30.3 Å². The van der Waals surface area contributed by atoms with Gasteiger partial charge in [-0.15, -0.1) is 0 Å². The Morgan fingerprint density at radius 2 is 1.79 bits per heavy atom. The van der Waals surface area contributed by atoms with Crippen molar-refractivity contribution in [1.82, 2.24) is 20.0 Å². The van der Waals surface area contributed by atoms with Gasteiger partial charge in [-0.1, -0.05) is 43.6 Å². The zero-order valence-corrected chi connectivity index (χ0v) is 17.7. The number of para-hydroxylation sites is 1. The molecule has 1 N–H and O–H groups in total. The minimum absolute atomic E-state index is 0.0670. The Hall–Kier alpha value is -2.38. The molecular formula is C21H28ClN5O2. The van der Waals surface area contributed by atoms with Crippen LogP contribution in [-0.2, 0) is 4.79 Å². The molecule has 8 heteroatoms. The van der Waals surface area contributed by atoms with Crippen molar-refractivity contribution < 1.29 is 4.79 Å². The van der Waals surface area contributed by atoms with Gasteiger partial charge >= 0.3 is 0 Å². The highest BCUT2D eigenvalue weighted by molar-refractivity contribution is 6.33. The van der Waals surface area contributed by atoms with E-state index in [1.165, 1.54) is 4.68 Å². The summed E-state index contributed by atoms with van der Waals surface area (Å²) in [5, 5.41) is 7.55. The minimum atomic E-state index is -0.331. The lowest BCUT2D eigenvalue weighted by Crippen LogP contribution is -2.50. The van der Waals surface area contributed by atoms with Gasteiger partial charge in [0.2, 0.25) is 5.91 Å². The van der Waals surface area contributed by atoms with Crippen molar-refractivity contribution in [3.05, 3.63) is 51.9 Å². The SMILES string of the molecule is CCC(CC)NC(=O)CN1CCN(c2cnn(-c3ccccc3)c(=O)c2Cl)CC1. The molecule has 7 nitrogen and oxygen atoms in total. The van der Waals surface area contributed by atoms with E-state index in [0.717, 1.165) is 25.9 Å². The van der Waals surface area contributed by atoms with Crippen molar-refractivity contribution in [2.75, 3.05) is 37.6 Å². The summed E-state index contributed by atoms with van der Waals surface area (Å²) in [7, 11) is 0. The first kappa shape index (κ1) is 21.3. The number of carbonyl (C=O) groups excluding carboxylic acids is 1. The summed E-state index contributed by atoms with van der Waals surface area (Å²) >= 11 is 6.40. The van der Waals surface area contributed by atoms with Gasteiger partial charge in [-0.3, -0.25) is 14.5 Å². The number of aromatic nitrogens is 2. The molecule has 0 bridgehead atoms. The van der Waals surface area contributed by atoms with Crippen molar-refractivity contribution >= 4 is 23.2 Å². The Kier molecular flexibility index (Phi) is 7.28. The lowest BCUT2D eigenvalue weighted by atomic mass is 10.2. The second-order valence-corrected chi connectivity index (χ2v) is 7.62. The fourth-order valence-corrected chi connectivity index (χ4v) is 3.76. The van der Waals surface area contributed by atoms with Crippen LogP contribution in [0.25, 0.3) is 5.69 Å². The summed E-state index contributed by atoms with van der Waals surface area (Å²) in [4.78, 5) is 29.1. The Bertz CT molecular complexity index is 874. The molecule has 3 rings (SSSR count). The van der Waals surface area contributed by atoms with Crippen molar-refractivity contribution in [3.8, 4) is 5.69 Å². The number of hydrogen-bond donors (Lipinski definition) is 1. The van der Waals surface area contributed by atoms with Gasteiger partial charge in [0, 0.05) is 32.2 Å². The maximum absolute atomic E-state index is 12.7. The van der Waals surface area contributed by atoms with Gasteiger partial charge in [-0.05, 0) is 25.0 Å². The quantitative estimate of drug-likeness (QED) is 0.748. The number of rotatable bonds is 7. The number of amides is 1. The topological polar surface area (TPSA) is 70.5 Å². The highest BCUT2D eigenvalue weighted by atomic mass is 35.5. The number of nitrogens with zero attached hydrogens (tertiary/aromatic N) is 4. The average molecular weight is 418 g/mol. The summed E-state index contributed by atoms with van der Waals surface area (Å²) in [6.07, 6.45) is 3.53. The number of hydrogen-bond acceptors (Lipinski definition) is 5. The van der Waals surface area contributed by atoms with Crippen LogP contribution in [0.4, 0.5) is 5.69 Å². The molecule has 1 aromatic carbocycles. The summed E-state index contributed by atoms with van der Waals surface area (Å²) in [5.74, 6) is 0.0670. The Morgan fingerprint density at radius 3 is 2.41 bits per heavy atom.